The average molecular weight is 278 g/mol. The standard InChI is InChI=1S/C16H23FN2O/c1-3-7-15(2,18)14(20)19-11-16(8-9-16)12-5-4-6-13(17)10-12/h4-6,10H,3,7-9,11,18H2,1-2H3,(H,19,20). The van der Waals surface area contributed by atoms with Crippen molar-refractivity contribution in [2.24, 2.45) is 5.73 Å². The van der Waals surface area contributed by atoms with Gasteiger partial charge in [0, 0.05) is 12.0 Å². The molecule has 1 amide bonds. The molecule has 0 bridgehead atoms. The monoisotopic (exact) mass is 278 g/mol. The van der Waals surface area contributed by atoms with E-state index in [1.54, 1.807) is 19.1 Å². The Bertz CT molecular complexity index is 495. The Kier molecular flexibility index (Phi) is 4.14. The highest BCUT2D eigenvalue weighted by Crippen LogP contribution is 2.47. The molecule has 0 aromatic heterocycles. The van der Waals surface area contributed by atoms with Crippen molar-refractivity contribution in [1.29, 1.82) is 0 Å². The maximum atomic E-state index is 13.3. The summed E-state index contributed by atoms with van der Waals surface area (Å²) in [5.74, 6) is -0.350. The van der Waals surface area contributed by atoms with Gasteiger partial charge in [0.2, 0.25) is 5.91 Å². The van der Waals surface area contributed by atoms with Crippen LogP contribution in [-0.2, 0) is 10.2 Å². The number of nitrogens with one attached hydrogen (secondary N) is 1. The van der Waals surface area contributed by atoms with E-state index in [-0.39, 0.29) is 17.1 Å². The van der Waals surface area contributed by atoms with Gasteiger partial charge in [-0.2, -0.15) is 0 Å². The normalized spacial score (nSPS) is 19.2. The van der Waals surface area contributed by atoms with Gasteiger partial charge in [-0.3, -0.25) is 4.79 Å². The fourth-order valence-electron chi connectivity index (χ4n) is 2.62. The molecule has 2 rings (SSSR count). The minimum absolute atomic E-state index is 0.0972. The van der Waals surface area contributed by atoms with E-state index in [1.807, 2.05) is 13.0 Å². The van der Waals surface area contributed by atoms with Gasteiger partial charge in [-0.05, 0) is 43.9 Å². The lowest BCUT2D eigenvalue weighted by atomic mass is 9.93. The van der Waals surface area contributed by atoms with E-state index in [2.05, 4.69) is 5.32 Å². The molecule has 0 heterocycles. The Morgan fingerprint density at radius 3 is 2.75 bits per heavy atom. The third kappa shape index (κ3) is 3.18. The van der Waals surface area contributed by atoms with Crippen LogP contribution in [0.15, 0.2) is 24.3 Å². The van der Waals surface area contributed by atoms with Crippen LogP contribution >= 0.6 is 0 Å². The van der Waals surface area contributed by atoms with E-state index in [0.717, 1.165) is 24.8 Å². The molecular formula is C16H23FN2O. The van der Waals surface area contributed by atoms with Crippen LogP contribution in [-0.4, -0.2) is 18.0 Å². The SMILES string of the molecule is CCCC(C)(N)C(=O)NCC1(c2cccc(F)c2)CC1. The van der Waals surface area contributed by atoms with E-state index in [1.165, 1.54) is 6.07 Å². The van der Waals surface area contributed by atoms with Crippen molar-refractivity contribution in [2.75, 3.05) is 6.54 Å². The Hall–Kier alpha value is -1.42. The van der Waals surface area contributed by atoms with E-state index >= 15 is 0 Å². The van der Waals surface area contributed by atoms with Crippen molar-refractivity contribution in [3.05, 3.63) is 35.6 Å². The summed E-state index contributed by atoms with van der Waals surface area (Å²) in [6, 6.07) is 6.65. The molecule has 0 radical (unpaired) electrons. The molecule has 1 atom stereocenters. The first kappa shape index (κ1) is 15.0. The van der Waals surface area contributed by atoms with Gasteiger partial charge >= 0.3 is 0 Å². The van der Waals surface area contributed by atoms with Gasteiger partial charge in [0.1, 0.15) is 5.82 Å². The minimum atomic E-state index is -0.827. The van der Waals surface area contributed by atoms with Crippen molar-refractivity contribution in [2.45, 2.75) is 50.5 Å². The third-order valence-electron chi connectivity index (χ3n) is 4.17. The lowest BCUT2D eigenvalue weighted by molar-refractivity contribution is -0.126. The molecule has 1 aliphatic carbocycles. The van der Waals surface area contributed by atoms with E-state index in [4.69, 9.17) is 5.73 Å². The molecular weight excluding hydrogens is 255 g/mol. The van der Waals surface area contributed by atoms with Crippen LogP contribution in [0.25, 0.3) is 0 Å². The summed E-state index contributed by atoms with van der Waals surface area (Å²) in [6.45, 7) is 4.30. The first-order valence-electron chi connectivity index (χ1n) is 7.23. The van der Waals surface area contributed by atoms with Gasteiger partial charge in [0.25, 0.3) is 0 Å². The number of hydrogen-bond donors (Lipinski definition) is 2. The van der Waals surface area contributed by atoms with Gasteiger partial charge < -0.3 is 11.1 Å². The topological polar surface area (TPSA) is 55.1 Å². The summed E-state index contributed by atoms with van der Waals surface area (Å²) in [7, 11) is 0. The molecule has 1 fully saturated rings. The number of hydrogen-bond acceptors (Lipinski definition) is 2. The number of amides is 1. The molecule has 3 nitrogen and oxygen atoms in total. The molecule has 1 aliphatic rings. The van der Waals surface area contributed by atoms with Crippen molar-refractivity contribution in [3.8, 4) is 0 Å². The highest BCUT2D eigenvalue weighted by molar-refractivity contribution is 5.85. The van der Waals surface area contributed by atoms with Crippen molar-refractivity contribution in [3.63, 3.8) is 0 Å². The molecule has 0 aliphatic heterocycles. The quantitative estimate of drug-likeness (QED) is 0.840. The zero-order valence-electron chi connectivity index (χ0n) is 12.2. The number of rotatable bonds is 6. The molecule has 1 aromatic rings. The largest absolute Gasteiger partial charge is 0.354 e. The third-order valence-corrected chi connectivity index (χ3v) is 4.17. The number of halogens is 1. The zero-order valence-corrected chi connectivity index (χ0v) is 12.2. The van der Waals surface area contributed by atoms with Crippen LogP contribution in [0, 0.1) is 5.82 Å². The Morgan fingerprint density at radius 2 is 2.20 bits per heavy atom. The van der Waals surface area contributed by atoms with Gasteiger partial charge in [0.05, 0.1) is 5.54 Å². The number of carbonyl (C=O) groups is 1. The van der Waals surface area contributed by atoms with Crippen molar-refractivity contribution in [1.82, 2.24) is 5.32 Å². The van der Waals surface area contributed by atoms with Crippen LogP contribution in [0.3, 0.4) is 0 Å². The van der Waals surface area contributed by atoms with Crippen LogP contribution in [0.4, 0.5) is 4.39 Å². The second kappa shape index (κ2) is 5.52. The summed E-state index contributed by atoms with van der Waals surface area (Å²) >= 11 is 0. The molecule has 1 saturated carbocycles. The van der Waals surface area contributed by atoms with Gasteiger partial charge in [0.15, 0.2) is 0 Å². The lowest BCUT2D eigenvalue weighted by Gasteiger charge is -2.25. The molecule has 1 aromatic carbocycles. The van der Waals surface area contributed by atoms with Gasteiger partial charge in [-0.15, -0.1) is 0 Å². The summed E-state index contributed by atoms with van der Waals surface area (Å²) in [5, 5.41) is 2.94. The summed E-state index contributed by atoms with van der Waals surface area (Å²) in [4.78, 5) is 12.1. The number of nitrogens with two attached hydrogens (primary N) is 1. The molecule has 110 valence electrons. The van der Waals surface area contributed by atoms with Crippen molar-refractivity contribution < 1.29 is 9.18 Å². The number of benzene rings is 1. The first-order chi connectivity index (χ1) is 9.39. The Balaban J connectivity index is 1.99. The predicted molar refractivity (Wildman–Crippen MR) is 77.8 cm³/mol. The number of carbonyl (C=O) groups excluding carboxylic acids is 1. The molecule has 0 spiro atoms. The fraction of sp³-hybridized carbons (Fsp3) is 0.562. The molecule has 20 heavy (non-hydrogen) atoms. The van der Waals surface area contributed by atoms with Crippen LogP contribution < -0.4 is 11.1 Å². The second-order valence-corrected chi connectivity index (χ2v) is 6.14. The van der Waals surface area contributed by atoms with Gasteiger partial charge in [-0.1, -0.05) is 25.5 Å². The highest BCUT2D eigenvalue weighted by Gasteiger charge is 2.45. The van der Waals surface area contributed by atoms with E-state index < -0.39 is 5.54 Å². The predicted octanol–water partition coefficient (Wildman–Crippen LogP) is 2.49. The smallest absolute Gasteiger partial charge is 0.239 e. The van der Waals surface area contributed by atoms with E-state index in [9.17, 15) is 9.18 Å². The van der Waals surface area contributed by atoms with Crippen LogP contribution in [0.1, 0.15) is 45.1 Å². The maximum Gasteiger partial charge on any atom is 0.239 e. The minimum Gasteiger partial charge on any atom is -0.354 e. The maximum absolute atomic E-state index is 13.3. The Morgan fingerprint density at radius 1 is 1.50 bits per heavy atom. The van der Waals surface area contributed by atoms with Crippen molar-refractivity contribution >= 4 is 5.91 Å². The van der Waals surface area contributed by atoms with Crippen LogP contribution in [0.2, 0.25) is 0 Å². The molecule has 0 saturated heterocycles. The fourth-order valence-corrected chi connectivity index (χ4v) is 2.62. The summed E-state index contributed by atoms with van der Waals surface area (Å²) in [5.41, 5.74) is 6.05. The van der Waals surface area contributed by atoms with E-state index in [0.29, 0.717) is 13.0 Å². The average Bonchev–Trinajstić information content (AvgIpc) is 3.17. The molecule has 4 heteroatoms. The Labute approximate surface area is 119 Å². The molecule has 3 N–H and O–H groups in total. The second-order valence-electron chi connectivity index (χ2n) is 6.14. The first-order valence-corrected chi connectivity index (χ1v) is 7.23. The summed E-state index contributed by atoms with van der Waals surface area (Å²) < 4.78 is 13.3. The zero-order chi connectivity index (χ0) is 14.8. The molecule has 1 unspecified atom stereocenters. The summed E-state index contributed by atoms with van der Waals surface area (Å²) in [6.07, 6.45) is 3.48. The van der Waals surface area contributed by atoms with Crippen LogP contribution in [0.5, 0.6) is 0 Å². The van der Waals surface area contributed by atoms with Gasteiger partial charge in [-0.25, -0.2) is 4.39 Å². The highest BCUT2D eigenvalue weighted by atomic mass is 19.1. The lowest BCUT2D eigenvalue weighted by Crippen LogP contribution is -2.52.